The number of nitrogens with two attached hydrogens (primary N) is 1. The zero-order valence-electron chi connectivity index (χ0n) is 13.9. The molecule has 0 heterocycles. The SMILES string of the molecule is NC(=O)CCNC(=O)c1ccc(F)c(NC(=O)CC2=CCCCC2)c1. The van der Waals surface area contributed by atoms with Gasteiger partial charge in [0.05, 0.1) is 5.69 Å². The van der Waals surface area contributed by atoms with Crippen molar-refractivity contribution in [2.24, 2.45) is 5.73 Å². The Morgan fingerprint density at radius 2 is 2.00 bits per heavy atom. The van der Waals surface area contributed by atoms with E-state index < -0.39 is 17.6 Å². The van der Waals surface area contributed by atoms with Gasteiger partial charge in [-0.2, -0.15) is 0 Å². The lowest BCUT2D eigenvalue weighted by atomic mass is 9.97. The molecule has 0 atom stereocenters. The molecule has 0 saturated carbocycles. The Balaban J connectivity index is 1.97. The molecule has 1 aromatic rings. The molecule has 4 N–H and O–H groups in total. The van der Waals surface area contributed by atoms with Crippen molar-refractivity contribution in [1.29, 1.82) is 0 Å². The highest BCUT2D eigenvalue weighted by atomic mass is 19.1. The van der Waals surface area contributed by atoms with Crippen LogP contribution in [0.5, 0.6) is 0 Å². The molecule has 134 valence electrons. The van der Waals surface area contributed by atoms with Crippen LogP contribution in [0.3, 0.4) is 0 Å². The Morgan fingerprint density at radius 1 is 1.20 bits per heavy atom. The van der Waals surface area contributed by atoms with Gasteiger partial charge in [0.1, 0.15) is 5.82 Å². The summed E-state index contributed by atoms with van der Waals surface area (Å²) in [4.78, 5) is 34.7. The summed E-state index contributed by atoms with van der Waals surface area (Å²) in [7, 11) is 0. The minimum atomic E-state index is -0.611. The fourth-order valence-corrected chi connectivity index (χ4v) is 2.63. The van der Waals surface area contributed by atoms with Crippen LogP contribution in [0, 0.1) is 5.82 Å². The van der Waals surface area contributed by atoms with Crippen LogP contribution in [0.4, 0.5) is 10.1 Å². The summed E-state index contributed by atoms with van der Waals surface area (Å²) in [5, 5.41) is 5.03. The maximum absolute atomic E-state index is 13.9. The molecular weight excluding hydrogens is 325 g/mol. The van der Waals surface area contributed by atoms with E-state index in [2.05, 4.69) is 16.7 Å². The third-order valence-electron chi connectivity index (χ3n) is 3.93. The molecule has 6 nitrogen and oxygen atoms in total. The standard InChI is InChI=1S/C18H22FN3O3/c19-14-7-6-13(18(25)21-9-8-16(20)23)11-15(14)22-17(24)10-12-4-2-1-3-5-12/h4,6-7,11H,1-3,5,8-10H2,(H2,20,23)(H,21,25)(H,22,24). The van der Waals surface area contributed by atoms with Gasteiger partial charge in [0.25, 0.3) is 5.91 Å². The predicted octanol–water partition coefficient (Wildman–Crippen LogP) is 2.26. The average Bonchev–Trinajstić information content (AvgIpc) is 2.57. The average molecular weight is 347 g/mol. The lowest BCUT2D eigenvalue weighted by molar-refractivity contribution is -0.118. The molecule has 0 aliphatic heterocycles. The molecule has 1 aliphatic rings. The molecule has 0 unspecified atom stereocenters. The van der Waals surface area contributed by atoms with Crippen LogP contribution in [0.1, 0.15) is 48.9 Å². The minimum Gasteiger partial charge on any atom is -0.370 e. The van der Waals surface area contributed by atoms with Gasteiger partial charge in [-0.3, -0.25) is 14.4 Å². The van der Waals surface area contributed by atoms with Crippen molar-refractivity contribution in [1.82, 2.24) is 5.32 Å². The maximum Gasteiger partial charge on any atom is 0.251 e. The highest BCUT2D eigenvalue weighted by Gasteiger charge is 2.14. The number of carbonyl (C=O) groups excluding carboxylic acids is 3. The number of anilines is 1. The summed E-state index contributed by atoms with van der Waals surface area (Å²) in [6, 6.07) is 3.72. The maximum atomic E-state index is 13.9. The summed E-state index contributed by atoms with van der Waals surface area (Å²) in [6.07, 6.45) is 6.36. The summed E-state index contributed by atoms with van der Waals surface area (Å²) in [5.41, 5.74) is 6.22. The fraction of sp³-hybridized carbons (Fsp3) is 0.389. The van der Waals surface area contributed by atoms with Gasteiger partial charge in [0.2, 0.25) is 11.8 Å². The number of hydrogen-bond acceptors (Lipinski definition) is 3. The van der Waals surface area contributed by atoms with Crippen LogP contribution in [-0.4, -0.2) is 24.3 Å². The number of amides is 3. The summed E-state index contributed by atoms with van der Waals surface area (Å²) < 4.78 is 13.9. The second-order valence-corrected chi connectivity index (χ2v) is 6.00. The lowest BCUT2D eigenvalue weighted by Gasteiger charge is -2.13. The van der Waals surface area contributed by atoms with E-state index in [1.165, 1.54) is 12.1 Å². The molecule has 1 aliphatic carbocycles. The number of nitrogens with one attached hydrogen (secondary N) is 2. The first kappa shape index (κ1) is 18.6. The van der Waals surface area contributed by atoms with Crippen LogP contribution in [0.15, 0.2) is 29.8 Å². The quantitative estimate of drug-likeness (QED) is 0.659. The smallest absolute Gasteiger partial charge is 0.251 e. The van der Waals surface area contributed by atoms with Crippen LogP contribution in [0.25, 0.3) is 0 Å². The predicted molar refractivity (Wildman–Crippen MR) is 92.3 cm³/mol. The molecule has 0 saturated heterocycles. The number of primary amides is 1. The van der Waals surface area contributed by atoms with E-state index in [0.29, 0.717) is 0 Å². The highest BCUT2D eigenvalue weighted by molar-refractivity contribution is 5.97. The van der Waals surface area contributed by atoms with Crippen molar-refractivity contribution in [2.75, 3.05) is 11.9 Å². The normalized spacial score (nSPS) is 13.7. The molecule has 0 fully saturated rings. The number of hydrogen-bond donors (Lipinski definition) is 3. The van der Waals surface area contributed by atoms with E-state index >= 15 is 0 Å². The molecule has 0 bridgehead atoms. The minimum absolute atomic E-state index is 0.0195. The van der Waals surface area contributed by atoms with Gasteiger partial charge in [0.15, 0.2) is 0 Å². The molecule has 2 rings (SSSR count). The van der Waals surface area contributed by atoms with E-state index in [4.69, 9.17) is 5.73 Å². The molecule has 3 amide bonds. The molecule has 0 aromatic heterocycles. The third-order valence-corrected chi connectivity index (χ3v) is 3.93. The van der Waals surface area contributed by atoms with Crippen molar-refractivity contribution < 1.29 is 18.8 Å². The number of halogens is 1. The van der Waals surface area contributed by atoms with Crippen LogP contribution in [0.2, 0.25) is 0 Å². The molecule has 25 heavy (non-hydrogen) atoms. The Hall–Kier alpha value is -2.70. The first-order chi connectivity index (χ1) is 12.0. The van der Waals surface area contributed by atoms with E-state index in [0.717, 1.165) is 37.3 Å². The van der Waals surface area contributed by atoms with Crippen molar-refractivity contribution in [3.8, 4) is 0 Å². The van der Waals surface area contributed by atoms with Crippen molar-refractivity contribution in [2.45, 2.75) is 38.5 Å². The topological polar surface area (TPSA) is 101 Å². The van der Waals surface area contributed by atoms with E-state index in [9.17, 15) is 18.8 Å². The molecule has 0 radical (unpaired) electrons. The van der Waals surface area contributed by atoms with Crippen LogP contribution >= 0.6 is 0 Å². The third kappa shape index (κ3) is 6.02. The van der Waals surface area contributed by atoms with E-state index in [1.54, 1.807) is 0 Å². The Kier molecular flexibility index (Phi) is 6.68. The van der Waals surface area contributed by atoms with Gasteiger partial charge in [-0.05, 0) is 43.9 Å². The largest absolute Gasteiger partial charge is 0.370 e. The summed E-state index contributed by atoms with van der Waals surface area (Å²) >= 11 is 0. The zero-order valence-corrected chi connectivity index (χ0v) is 13.9. The summed E-state index contributed by atoms with van der Waals surface area (Å²) in [5.74, 6) is -1.91. The van der Waals surface area contributed by atoms with Crippen LogP contribution < -0.4 is 16.4 Å². The van der Waals surface area contributed by atoms with Crippen molar-refractivity contribution in [3.63, 3.8) is 0 Å². The first-order valence-corrected chi connectivity index (χ1v) is 8.29. The molecule has 7 heteroatoms. The second-order valence-electron chi connectivity index (χ2n) is 6.00. The van der Waals surface area contributed by atoms with E-state index in [1.807, 2.05) is 0 Å². The Labute approximate surface area is 145 Å². The van der Waals surface area contributed by atoms with Crippen molar-refractivity contribution >= 4 is 23.4 Å². The van der Waals surface area contributed by atoms with Gasteiger partial charge >= 0.3 is 0 Å². The number of carbonyl (C=O) groups is 3. The van der Waals surface area contributed by atoms with E-state index in [-0.39, 0.29) is 36.5 Å². The lowest BCUT2D eigenvalue weighted by Crippen LogP contribution is -2.28. The Bertz CT molecular complexity index is 701. The number of benzene rings is 1. The van der Waals surface area contributed by atoms with Gasteiger partial charge in [-0.15, -0.1) is 0 Å². The van der Waals surface area contributed by atoms with Crippen LogP contribution in [-0.2, 0) is 9.59 Å². The fourth-order valence-electron chi connectivity index (χ4n) is 2.63. The van der Waals surface area contributed by atoms with Gasteiger partial charge in [-0.25, -0.2) is 4.39 Å². The van der Waals surface area contributed by atoms with Gasteiger partial charge < -0.3 is 16.4 Å². The zero-order chi connectivity index (χ0) is 18.2. The van der Waals surface area contributed by atoms with Gasteiger partial charge in [0, 0.05) is 24.9 Å². The molecule has 1 aromatic carbocycles. The second kappa shape index (κ2) is 8.96. The summed E-state index contributed by atoms with van der Waals surface area (Å²) in [6.45, 7) is 0.0986. The molecule has 0 spiro atoms. The number of allylic oxidation sites excluding steroid dienone is 1. The molecular formula is C18H22FN3O3. The Morgan fingerprint density at radius 3 is 2.68 bits per heavy atom. The van der Waals surface area contributed by atoms with Gasteiger partial charge in [-0.1, -0.05) is 11.6 Å². The number of rotatable bonds is 7. The monoisotopic (exact) mass is 347 g/mol. The highest BCUT2D eigenvalue weighted by Crippen LogP contribution is 2.22. The van der Waals surface area contributed by atoms with Crippen molar-refractivity contribution in [3.05, 3.63) is 41.2 Å². The first-order valence-electron chi connectivity index (χ1n) is 8.29.